The first-order valence-corrected chi connectivity index (χ1v) is 12.6. The van der Waals surface area contributed by atoms with Gasteiger partial charge in [-0.25, -0.2) is 4.79 Å². The summed E-state index contributed by atoms with van der Waals surface area (Å²) in [6.45, 7) is 11.1. The standard InChI is InChI=1S/C26H35N5O5/c1-6-19(31-20-9-7-8-10-21(20)36-16-24(31)33)25(34)28-13-11-27(12-14-28)22-15-23(32)30(18(4)5)26(35)29(22)17(2)3/h7-10,15,17-19H,6,11-14,16H2,1-5H3. The van der Waals surface area contributed by atoms with Gasteiger partial charge >= 0.3 is 5.69 Å². The van der Waals surface area contributed by atoms with Crippen molar-refractivity contribution in [3.05, 3.63) is 51.2 Å². The van der Waals surface area contributed by atoms with Crippen molar-refractivity contribution in [3.8, 4) is 5.75 Å². The molecule has 0 radical (unpaired) electrons. The number of hydrogen-bond acceptors (Lipinski definition) is 6. The summed E-state index contributed by atoms with van der Waals surface area (Å²) in [5.74, 6) is 0.821. The second-order valence-corrected chi connectivity index (χ2v) is 9.81. The Kier molecular flexibility index (Phi) is 7.23. The maximum atomic E-state index is 13.6. The van der Waals surface area contributed by atoms with Gasteiger partial charge in [-0.15, -0.1) is 0 Å². The van der Waals surface area contributed by atoms with Crippen LogP contribution in [0.15, 0.2) is 39.9 Å². The summed E-state index contributed by atoms with van der Waals surface area (Å²) in [4.78, 5) is 57.6. The Morgan fingerprint density at radius 1 is 0.944 bits per heavy atom. The highest BCUT2D eigenvalue weighted by Gasteiger charge is 2.37. The zero-order chi connectivity index (χ0) is 26.1. The van der Waals surface area contributed by atoms with Crippen LogP contribution in [0.4, 0.5) is 11.5 Å². The molecule has 1 aromatic heterocycles. The first-order valence-electron chi connectivity index (χ1n) is 12.6. The van der Waals surface area contributed by atoms with Crippen LogP contribution < -0.4 is 25.8 Å². The quantitative estimate of drug-likeness (QED) is 0.606. The van der Waals surface area contributed by atoms with Crippen molar-refractivity contribution in [2.24, 2.45) is 0 Å². The summed E-state index contributed by atoms with van der Waals surface area (Å²) < 4.78 is 8.46. The van der Waals surface area contributed by atoms with Crippen LogP contribution in [0.1, 0.15) is 53.1 Å². The molecule has 0 aliphatic carbocycles. The van der Waals surface area contributed by atoms with E-state index in [4.69, 9.17) is 4.74 Å². The summed E-state index contributed by atoms with van der Waals surface area (Å²) in [6.07, 6.45) is 0.472. The molecule has 1 aromatic carbocycles. The Hall–Kier alpha value is -3.56. The van der Waals surface area contributed by atoms with Gasteiger partial charge in [-0.2, -0.15) is 0 Å². The van der Waals surface area contributed by atoms with Gasteiger partial charge in [0.15, 0.2) is 6.61 Å². The second kappa shape index (κ2) is 10.2. The Morgan fingerprint density at radius 2 is 1.58 bits per heavy atom. The van der Waals surface area contributed by atoms with Crippen molar-refractivity contribution >= 4 is 23.3 Å². The van der Waals surface area contributed by atoms with Crippen LogP contribution in [0.5, 0.6) is 5.75 Å². The first-order chi connectivity index (χ1) is 17.1. The average Bonchev–Trinajstić information content (AvgIpc) is 2.84. The number of aromatic nitrogens is 2. The van der Waals surface area contributed by atoms with E-state index < -0.39 is 6.04 Å². The maximum absolute atomic E-state index is 13.6. The smallest absolute Gasteiger partial charge is 0.333 e. The molecular weight excluding hydrogens is 462 g/mol. The summed E-state index contributed by atoms with van der Waals surface area (Å²) in [6, 6.07) is 7.79. The molecule has 0 bridgehead atoms. The van der Waals surface area contributed by atoms with Crippen LogP contribution in [0.25, 0.3) is 0 Å². The molecule has 4 rings (SSSR count). The SMILES string of the molecule is CCC(C(=O)N1CCN(c2cc(=O)n(C(C)C)c(=O)n2C(C)C)CC1)N1C(=O)COc2ccccc21. The molecule has 1 fully saturated rings. The minimum absolute atomic E-state index is 0.0940. The lowest BCUT2D eigenvalue weighted by Crippen LogP contribution is -2.58. The molecule has 2 amide bonds. The van der Waals surface area contributed by atoms with E-state index in [0.29, 0.717) is 49.9 Å². The van der Waals surface area contributed by atoms with Gasteiger partial charge in [0.25, 0.3) is 11.5 Å². The van der Waals surface area contributed by atoms with Crippen molar-refractivity contribution in [3.63, 3.8) is 0 Å². The van der Waals surface area contributed by atoms with Gasteiger partial charge in [-0.3, -0.25) is 28.4 Å². The molecule has 1 saturated heterocycles. The normalized spacial score (nSPS) is 16.9. The highest BCUT2D eigenvalue weighted by molar-refractivity contribution is 6.03. The van der Waals surface area contributed by atoms with Gasteiger partial charge in [-0.05, 0) is 46.2 Å². The van der Waals surface area contributed by atoms with E-state index in [1.165, 1.54) is 10.6 Å². The molecule has 0 saturated carbocycles. The number of carbonyl (C=O) groups is 2. The minimum Gasteiger partial charge on any atom is -0.482 e. The number of para-hydroxylation sites is 2. The van der Waals surface area contributed by atoms with Crippen LogP contribution in [-0.2, 0) is 9.59 Å². The molecule has 0 N–H and O–H groups in total. The molecule has 10 heteroatoms. The van der Waals surface area contributed by atoms with Gasteiger partial charge in [-0.1, -0.05) is 19.1 Å². The van der Waals surface area contributed by atoms with E-state index >= 15 is 0 Å². The number of amides is 2. The fraction of sp³-hybridized carbons (Fsp3) is 0.538. The third kappa shape index (κ3) is 4.52. The maximum Gasteiger partial charge on any atom is 0.333 e. The Bertz CT molecular complexity index is 1260. The number of rotatable bonds is 6. The molecule has 194 valence electrons. The van der Waals surface area contributed by atoms with Crippen LogP contribution in [-0.4, -0.2) is 64.7 Å². The number of benzene rings is 1. The molecule has 2 aromatic rings. The fourth-order valence-corrected chi connectivity index (χ4v) is 5.06. The average molecular weight is 498 g/mol. The fourth-order valence-electron chi connectivity index (χ4n) is 5.06. The summed E-state index contributed by atoms with van der Waals surface area (Å²) >= 11 is 0. The lowest BCUT2D eigenvalue weighted by atomic mass is 10.1. The van der Waals surface area contributed by atoms with Crippen molar-refractivity contribution in [2.45, 2.75) is 59.2 Å². The van der Waals surface area contributed by atoms with E-state index in [9.17, 15) is 19.2 Å². The molecule has 36 heavy (non-hydrogen) atoms. The van der Waals surface area contributed by atoms with Gasteiger partial charge in [0.1, 0.15) is 17.6 Å². The lowest BCUT2D eigenvalue weighted by molar-refractivity contribution is -0.135. The zero-order valence-electron chi connectivity index (χ0n) is 21.6. The van der Waals surface area contributed by atoms with Gasteiger partial charge in [0.2, 0.25) is 5.91 Å². The molecular formula is C26H35N5O5. The molecule has 2 aliphatic rings. The first kappa shape index (κ1) is 25.5. The van der Waals surface area contributed by atoms with E-state index in [1.807, 2.05) is 51.7 Å². The molecule has 0 spiro atoms. The summed E-state index contributed by atoms with van der Waals surface area (Å²) in [7, 11) is 0. The third-order valence-corrected chi connectivity index (χ3v) is 6.83. The number of hydrogen-bond donors (Lipinski definition) is 0. The highest BCUT2D eigenvalue weighted by atomic mass is 16.5. The molecule has 1 unspecified atom stereocenters. The molecule has 1 atom stereocenters. The largest absolute Gasteiger partial charge is 0.482 e. The van der Waals surface area contributed by atoms with Gasteiger partial charge in [0.05, 0.1) is 5.69 Å². The van der Waals surface area contributed by atoms with Gasteiger partial charge < -0.3 is 14.5 Å². The van der Waals surface area contributed by atoms with Crippen LogP contribution >= 0.6 is 0 Å². The van der Waals surface area contributed by atoms with Crippen molar-refractivity contribution < 1.29 is 14.3 Å². The number of piperazine rings is 1. The Labute approximate surface area is 210 Å². The van der Waals surface area contributed by atoms with E-state index in [0.717, 1.165) is 0 Å². The van der Waals surface area contributed by atoms with E-state index in [-0.39, 0.29) is 41.8 Å². The van der Waals surface area contributed by atoms with Crippen LogP contribution in [0, 0.1) is 0 Å². The Balaban J connectivity index is 1.55. The zero-order valence-corrected chi connectivity index (χ0v) is 21.6. The van der Waals surface area contributed by atoms with E-state index in [2.05, 4.69) is 0 Å². The van der Waals surface area contributed by atoms with Crippen LogP contribution in [0.2, 0.25) is 0 Å². The predicted octanol–water partition coefficient (Wildman–Crippen LogP) is 2.02. The molecule has 2 aliphatic heterocycles. The molecule has 10 nitrogen and oxygen atoms in total. The monoisotopic (exact) mass is 497 g/mol. The van der Waals surface area contributed by atoms with Crippen molar-refractivity contribution in [2.75, 3.05) is 42.6 Å². The Morgan fingerprint density at radius 3 is 2.19 bits per heavy atom. The predicted molar refractivity (Wildman–Crippen MR) is 138 cm³/mol. The number of carbonyl (C=O) groups excluding carboxylic acids is 2. The second-order valence-electron chi connectivity index (χ2n) is 9.81. The lowest BCUT2D eigenvalue weighted by Gasteiger charge is -2.41. The van der Waals surface area contributed by atoms with Crippen LogP contribution in [0.3, 0.4) is 0 Å². The van der Waals surface area contributed by atoms with Gasteiger partial charge in [0, 0.05) is 44.3 Å². The minimum atomic E-state index is -0.627. The molecule has 3 heterocycles. The summed E-state index contributed by atoms with van der Waals surface area (Å²) in [5, 5.41) is 0. The number of fused-ring (bicyclic) bond motifs is 1. The highest BCUT2D eigenvalue weighted by Crippen LogP contribution is 2.34. The van der Waals surface area contributed by atoms with Crippen molar-refractivity contribution in [1.29, 1.82) is 0 Å². The van der Waals surface area contributed by atoms with Crippen molar-refractivity contribution in [1.82, 2.24) is 14.0 Å². The van der Waals surface area contributed by atoms with E-state index in [1.54, 1.807) is 26.5 Å². The topological polar surface area (TPSA) is 97.1 Å². The summed E-state index contributed by atoms with van der Waals surface area (Å²) in [5.41, 5.74) is -0.0354. The number of anilines is 2. The number of ether oxygens (including phenoxy) is 1. The number of nitrogens with zero attached hydrogens (tertiary/aromatic N) is 5. The third-order valence-electron chi connectivity index (χ3n) is 6.83.